The highest BCUT2D eigenvalue weighted by atomic mass is 31.2. The molecule has 0 spiro atoms. The maximum absolute atomic E-state index is 13.2. The van der Waals surface area contributed by atoms with E-state index in [1.807, 2.05) is 0 Å². The fourth-order valence-electron chi connectivity index (χ4n) is 3.05. The predicted octanol–water partition coefficient (Wildman–Crippen LogP) is 1.45. The lowest BCUT2D eigenvalue weighted by molar-refractivity contribution is -0.138. The molecule has 0 bridgehead atoms. The van der Waals surface area contributed by atoms with Crippen LogP contribution in [0.2, 0.25) is 0 Å². The Hall–Kier alpha value is -3.51. The smallest absolute Gasteiger partial charge is 0.459 e. The standard InChI is InChI=1S/C19H21N6O7P/c1-11(19(27)28)24-33(29,32-12-5-3-2-4-6-12)30-8-13-7-14(26)18(31-13)25-10-23-15-16(20)21-9-22-17(15)25/h2-7,9-11,14,18,26H,8H2,1H3,(H,24,29)(H,27,28)(H2,20,21,22)/t11-,14?,18?,33-/m0/s1. The average Bonchev–Trinajstić information content (AvgIpc) is 3.37. The lowest BCUT2D eigenvalue weighted by atomic mass is 10.3. The van der Waals surface area contributed by atoms with E-state index in [2.05, 4.69) is 20.0 Å². The summed E-state index contributed by atoms with van der Waals surface area (Å²) in [7, 11) is -4.14. The van der Waals surface area contributed by atoms with Crippen LogP contribution in [0.1, 0.15) is 13.2 Å². The zero-order valence-corrected chi connectivity index (χ0v) is 18.2. The van der Waals surface area contributed by atoms with Gasteiger partial charge in [-0.05, 0) is 25.1 Å². The number of hydrogen-bond donors (Lipinski definition) is 4. The van der Waals surface area contributed by atoms with E-state index in [1.165, 1.54) is 30.2 Å². The second-order valence-electron chi connectivity index (χ2n) is 7.08. The number of carboxylic acids is 1. The minimum absolute atomic E-state index is 0.151. The molecule has 4 rings (SSSR count). The van der Waals surface area contributed by atoms with Crippen LogP contribution in [-0.4, -0.2) is 54.5 Å². The molecule has 0 radical (unpaired) electrons. The molecule has 2 aromatic heterocycles. The minimum Gasteiger partial charge on any atom is -0.480 e. The number of fused-ring (bicyclic) bond motifs is 1. The number of para-hydroxylation sites is 1. The summed E-state index contributed by atoms with van der Waals surface area (Å²) in [5.41, 5.74) is 6.50. The van der Waals surface area contributed by atoms with E-state index in [1.54, 1.807) is 30.3 Å². The van der Waals surface area contributed by atoms with Crippen LogP contribution < -0.4 is 15.3 Å². The molecule has 0 saturated heterocycles. The highest BCUT2D eigenvalue weighted by Gasteiger charge is 2.35. The number of carbonyl (C=O) groups is 1. The summed E-state index contributed by atoms with van der Waals surface area (Å²) in [5, 5.41) is 22.0. The SMILES string of the molecule is C[C@H](N[P@](=O)(OCC1=CC(O)C(n2cnc3c(N)ncnc32)O1)Oc1ccccc1)C(=O)O. The van der Waals surface area contributed by atoms with Gasteiger partial charge >= 0.3 is 13.7 Å². The third kappa shape index (κ3) is 4.96. The van der Waals surface area contributed by atoms with Crippen LogP contribution in [0.4, 0.5) is 5.82 Å². The fraction of sp³-hybridized carbons (Fsp3) is 0.263. The van der Waals surface area contributed by atoms with Crippen LogP contribution in [0.5, 0.6) is 5.75 Å². The Labute approximate surface area is 187 Å². The Kier molecular flexibility index (Phi) is 6.29. The molecule has 14 heteroatoms. The number of nitrogens with two attached hydrogens (primary N) is 1. The third-order valence-electron chi connectivity index (χ3n) is 4.65. The number of ether oxygens (including phenoxy) is 1. The molecule has 33 heavy (non-hydrogen) atoms. The van der Waals surface area contributed by atoms with E-state index in [0.29, 0.717) is 11.2 Å². The second-order valence-corrected chi connectivity index (χ2v) is 8.77. The summed E-state index contributed by atoms with van der Waals surface area (Å²) in [6.45, 7) is 0.927. The van der Waals surface area contributed by atoms with Crippen molar-refractivity contribution in [1.29, 1.82) is 0 Å². The first-order valence-electron chi connectivity index (χ1n) is 9.74. The number of carboxylic acid groups (broad SMARTS) is 1. The van der Waals surface area contributed by atoms with Gasteiger partial charge in [0.2, 0.25) is 6.23 Å². The number of nitrogen functional groups attached to an aromatic ring is 1. The highest BCUT2D eigenvalue weighted by molar-refractivity contribution is 7.52. The largest absolute Gasteiger partial charge is 0.480 e. The fourth-order valence-corrected chi connectivity index (χ4v) is 4.51. The molecule has 0 aliphatic carbocycles. The van der Waals surface area contributed by atoms with E-state index < -0.39 is 32.1 Å². The van der Waals surface area contributed by atoms with Gasteiger partial charge in [-0.2, -0.15) is 5.09 Å². The van der Waals surface area contributed by atoms with Crippen LogP contribution in [0.15, 0.2) is 54.8 Å². The Bertz CT molecular complexity index is 1230. The maximum atomic E-state index is 13.2. The molecule has 1 aliphatic rings. The van der Waals surface area contributed by atoms with Gasteiger partial charge in [-0.3, -0.25) is 13.9 Å². The van der Waals surface area contributed by atoms with Crippen molar-refractivity contribution in [2.45, 2.75) is 25.3 Å². The van der Waals surface area contributed by atoms with E-state index >= 15 is 0 Å². The monoisotopic (exact) mass is 476 g/mol. The van der Waals surface area contributed by atoms with Gasteiger partial charge < -0.3 is 25.2 Å². The number of nitrogens with zero attached hydrogens (tertiary/aromatic N) is 4. The van der Waals surface area contributed by atoms with Gasteiger partial charge in [0.05, 0.1) is 0 Å². The van der Waals surface area contributed by atoms with Gasteiger partial charge in [0.1, 0.15) is 48.4 Å². The molecule has 174 valence electrons. The number of aliphatic hydroxyl groups is 1. The number of aliphatic hydroxyl groups excluding tert-OH is 1. The topological polar surface area (TPSA) is 184 Å². The zero-order valence-electron chi connectivity index (χ0n) is 17.3. The molecular formula is C19H21N6O7P. The third-order valence-corrected chi connectivity index (χ3v) is 6.27. The van der Waals surface area contributed by atoms with Crippen molar-refractivity contribution >= 4 is 30.7 Å². The van der Waals surface area contributed by atoms with Crippen molar-refractivity contribution in [1.82, 2.24) is 24.6 Å². The number of rotatable bonds is 9. The molecule has 5 N–H and O–H groups in total. The Morgan fingerprint density at radius 1 is 1.33 bits per heavy atom. The molecule has 4 atom stereocenters. The normalized spacial score (nSPS) is 20.6. The summed E-state index contributed by atoms with van der Waals surface area (Å²) in [5.74, 6) is -0.693. The Morgan fingerprint density at radius 2 is 2.09 bits per heavy atom. The molecular weight excluding hydrogens is 455 g/mol. The Balaban J connectivity index is 1.48. The Morgan fingerprint density at radius 3 is 2.82 bits per heavy atom. The van der Waals surface area contributed by atoms with Crippen molar-refractivity contribution in [3.05, 3.63) is 54.8 Å². The number of benzene rings is 1. The van der Waals surface area contributed by atoms with Crippen molar-refractivity contribution < 1.29 is 33.4 Å². The minimum atomic E-state index is -4.14. The number of imidazole rings is 1. The lowest BCUT2D eigenvalue weighted by Crippen LogP contribution is -2.33. The molecule has 0 saturated carbocycles. The summed E-state index contributed by atoms with van der Waals surface area (Å²) < 4.78 is 31.4. The first-order chi connectivity index (χ1) is 15.8. The van der Waals surface area contributed by atoms with Crippen molar-refractivity contribution in [2.75, 3.05) is 12.3 Å². The maximum Gasteiger partial charge on any atom is 0.459 e. The first-order valence-corrected chi connectivity index (χ1v) is 11.3. The molecule has 0 fully saturated rings. The number of anilines is 1. The van der Waals surface area contributed by atoms with Crippen molar-refractivity contribution in [2.24, 2.45) is 0 Å². The summed E-state index contributed by atoms with van der Waals surface area (Å²) in [4.78, 5) is 23.4. The number of hydrogen-bond acceptors (Lipinski definition) is 10. The molecule has 3 heterocycles. The van der Waals surface area contributed by atoms with E-state index in [4.69, 9.17) is 19.5 Å². The molecule has 3 aromatic rings. The molecule has 1 aliphatic heterocycles. The van der Waals surface area contributed by atoms with Gasteiger partial charge in [-0.25, -0.2) is 19.5 Å². The van der Waals surface area contributed by atoms with Crippen LogP contribution in [-0.2, 0) is 18.6 Å². The number of aliphatic carboxylic acids is 1. The summed E-state index contributed by atoms with van der Waals surface area (Å²) >= 11 is 0. The lowest BCUT2D eigenvalue weighted by Gasteiger charge is -2.22. The summed E-state index contributed by atoms with van der Waals surface area (Å²) in [6.07, 6.45) is 2.01. The van der Waals surface area contributed by atoms with Crippen LogP contribution in [0.25, 0.3) is 11.2 Å². The van der Waals surface area contributed by atoms with Crippen LogP contribution >= 0.6 is 7.75 Å². The second kappa shape index (κ2) is 9.16. The zero-order chi connectivity index (χ0) is 23.6. The summed E-state index contributed by atoms with van der Waals surface area (Å²) in [6, 6.07) is 6.94. The quantitative estimate of drug-likeness (QED) is 0.326. The van der Waals surface area contributed by atoms with E-state index in [-0.39, 0.29) is 23.9 Å². The van der Waals surface area contributed by atoms with E-state index in [0.717, 1.165) is 0 Å². The first kappa shape index (κ1) is 22.7. The molecule has 0 amide bonds. The predicted molar refractivity (Wildman–Crippen MR) is 115 cm³/mol. The molecule has 2 unspecified atom stereocenters. The van der Waals surface area contributed by atoms with Gasteiger partial charge in [0, 0.05) is 0 Å². The van der Waals surface area contributed by atoms with E-state index in [9.17, 15) is 19.6 Å². The highest BCUT2D eigenvalue weighted by Crippen LogP contribution is 2.45. The van der Waals surface area contributed by atoms with Crippen LogP contribution in [0.3, 0.4) is 0 Å². The van der Waals surface area contributed by atoms with Crippen molar-refractivity contribution in [3.8, 4) is 5.75 Å². The van der Waals surface area contributed by atoms with Gasteiger partial charge in [0.25, 0.3) is 0 Å². The molecule has 13 nitrogen and oxygen atoms in total. The van der Waals surface area contributed by atoms with Crippen LogP contribution in [0, 0.1) is 0 Å². The van der Waals surface area contributed by atoms with Gasteiger partial charge in [-0.15, -0.1) is 0 Å². The average molecular weight is 476 g/mol. The van der Waals surface area contributed by atoms with Crippen molar-refractivity contribution in [3.63, 3.8) is 0 Å². The number of aromatic nitrogens is 4. The molecule has 1 aromatic carbocycles. The number of nitrogens with one attached hydrogen (secondary N) is 1. The van der Waals surface area contributed by atoms with Gasteiger partial charge in [0.15, 0.2) is 11.5 Å². The van der Waals surface area contributed by atoms with Gasteiger partial charge in [-0.1, -0.05) is 18.2 Å².